The summed E-state index contributed by atoms with van der Waals surface area (Å²) >= 11 is 0. The number of hydrogen-bond acceptors (Lipinski definition) is 7. The van der Waals surface area contributed by atoms with Crippen LogP contribution in [0.25, 0.3) is 11.1 Å². The Morgan fingerprint density at radius 2 is 1.51 bits per heavy atom. The Labute approximate surface area is 207 Å². The molecule has 0 radical (unpaired) electrons. The smallest absolute Gasteiger partial charge is 0.196 e. The van der Waals surface area contributed by atoms with Crippen molar-refractivity contribution in [2.75, 3.05) is 39.1 Å². The number of rotatable bonds is 9. The van der Waals surface area contributed by atoms with E-state index in [0.717, 1.165) is 31.5 Å². The first-order valence-electron chi connectivity index (χ1n) is 13.1. The molecule has 0 amide bonds. The molecule has 0 aromatic heterocycles. The average molecular weight is 480 g/mol. The van der Waals surface area contributed by atoms with Crippen LogP contribution in [0.15, 0.2) is 24.3 Å². The van der Waals surface area contributed by atoms with Gasteiger partial charge in [-0.15, -0.1) is 0 Å². The second-order valence-corrected chi connectivity index (χ2v) is 9.82. The van der Waals surface area contributed by atoms with Crippen LogP contribution in [0.3, 0.4) is 0 Å². The molecule has 0 spiro atoms. The highest BCUT2D eigenvalue weighted by Gasteiger charge is 2.36. The molecule has 0 bridgehead atoms. The van der Waals surface area contributed by atoms with Gasteiger partial charge in [0, 0.05) is 34.8 Å². The third-order valence-corrected chi connectivity index (χ3v) is 7.53. The van der Waals surface area contributed by atoms with Gasteiger partial charge in [-0.3, -0.25) is 4.79 Å². The number of nitrogens with two attached hydrogens (primary N) is 1. The lowest BCUT2D eigenvalue weighted by molar-refractivity contribution is 0.104. The van der Waals surface area contributed by atoms with Crippen molar-refractivity contribution in [1.29, 1.82) is 0 Å². The van der Waals surface area contributed by atoms with Crippen LogP contribution in [-0.4, -0.2) is 51.3 Å². The van der Waals surface area contributed by atoms with E-state index in [2.05, 4.69) is 10.6 Å². The number of nitrogen functional groups attached to an aromatic ring is 1. The number of piperidine rings is 2. The molecule has 7 nitrogen and oxygen atoms in total. The highest BCUT2D eigenvalue weighted by atomic mass is 16.5. The van der Waals surface area contributed by atoms with Gasteiger partial charge in [0.2, 0.25) is 0 Å². The fourth-order valence-electron chi connectivity index (χ4n) is 5.61. The molecule has 3 aliphatic rings. The average Bonchev–Trinajstić information content (AvgIpc) is 3.20. The van der Waals surface area contributed by atoms with Crippen LogP contribution in [0.2, 0.25) is 0 Å². The zero-order valence-electron chi connectivity index (χ0n) is 20.7. The van der Waals surface area contributed by atoms with Crippen molar-refractivity contribution in [2.45, 2.75) is 63.5 Å². The second-order valence-electron chi connectivity index (χ2n) is 9.82. The van der Waals surface area contributed by atoms with E-state index in [-0.39, 0.29) is 5.78 Å². The molecule has 7 heteroatoms. The molecule has 5 rings (SSSR count). The van der Waals surface area contributed by atoms with Crippen molar-refractivity contribution in [3.8, 4) is 28.4 Å². The molecule has 2 unspecified atom stereocenters. The molecule has 4 N–H and O–H groups in total. The Kier molecular flexibility index (Phi) is 7.44. The summed E-state index contributed by atoms with van der Waals surface area (Å²) in [6, 6.07) is 8.40. The van der Waals surface area contributed by atoms with Crippen molar-refractivity contribution < 1.29 is 19.0 Å². The van der Waals surface area contributed by atoms with Crippen molar-refractivity contribution in [2.24, 2.45) is 0 Å². The lowest BCUT2D eigenvalue weighted by Crippen LogP contribution is -2.35. The summed E-state index contributed by atoms with van der Waals surface area (Å²) in [6.07, 6.45) is 9.18. The summed E-state index contributed by atoms with van der Waals surface area (Å²) in [4.78, 5) is 13.5. The van der Waals surface area contributed by atoms with Crippen molar-refractivity contribution >= 4 is 11.5 Å². The Morgan fingerprint density at radius 1 is 0.857 bits per heavy atom. The number of benzene rings is 2. The maximum absolute atomic E-state index is 13.5. The van der Waals surface area contributed by atoms with Gasteiger partial charge in [-0.2, -0.15) is 0 Å². The Bertz CT molecular complexity index is 1060. The van der Waals surface area contributed by atoms with Gasteiger partial charge in [-0.1, -0.05) is 25.0 Å². The van der Waals surface area contributed by atoms with E-state index in [4.69, 9.17) is 19.9 Å². The molecule has 2 aromatic carbocycles. The number of anilines is 1. The zero-order chi connectivity index (χ0) is 24.2. The summed E-state index contributed by atoms with van der Waals surface area (Å²) < 4.78 is 18.1. The highest BCUT2D eigenvalue weighted by Crippen LogP contribution is 2.51. The molecule has 2 aliphatic heterocycles. The van der Waals surface area contributed by atoms with E-state index in [1.165, 1.54) is 38.5 Å². The summed E-state index contributed by atoms with van der Waals surface area (Å²) in [5.41, 5.74) is 9.43. The molecule has 35 heavy (non-hydrogen) atoms. The van der Waals surface area contributed by atoms with Gasteiger partial charge in [0.1, 0.15) is 17.2 Å². The minimum atomic E-state index is -0.107. The third-order valence-electron chi connectivity index (χ3n) is 7.53. The van der Waals surface area contributed by atoms with Crippen LogP contribution in [0.4, 0.5) is 5.69 Å². The van der Waals surface area contributed by atoms with E-state index in [1.807, 2.05) is 24.3 Å². The van der Waals surface area contributed by atoms with Gasteiger partial charge in [-0.25, -0.2) is 0 Å². The first-order chi connectivity index (χ1) is 17.2. The second kappa shape index (κ2) is 10.9. The van der Waals surface area contributed by atoms with Crippen LogP contribution >= 0.6 is 0 Å². The van der Waals surface area contributed by atoms with E-state index >= 15 is 0 Å². The summed E-state index contributed by atoms with van der Waals surface area (Å²) in [6.45, 7) is 3.26. The molecule has 2 atom stereocenters. The normalized spacial score (nSPS) is 21.3. The highest BCUT2D eigenvalue weighted by molar-refractivity contribution is 6.26. The molecule has 2 aromatic rings. The molecule has 2 heterocycles. The number of methoxy groups -OCH3 is 1. The number of ether oxygens (including phenoxy) is 3. The molecule has 2 saturated heterocycles. The van der Waals surface area contributed by atoms with Crippen LogP contribution in [0.5, 0.6) is 17.2 Å². The molecule has 1 aliphatic carbocycles. The lowest BCUT2D eigenvalue weighted by Gasteiger charge is -2.24. The fraction of sp³-hybridized carbons (Fsp3) is 0.536. The minimum absolute atomic E-state index is 0.107. The minimum Gasteiger partial charge on any atom is -0.496 e. The molecule has 2 fully saturated rings. The fourth-order valence-corrected chi connectivity index (χ4v) is 5.61. The number of carbonyl (C=O) groups is 1. The van der Waals surface area contributed by atoms with Crippen molar-refractivity contribution in [3.63, 3.8) is 0 Å². The maximum atomic E-state index is 13.5. The molecular formula is C28H37N3O4. The molecule has 0 saturated carbocycles. The van der Waals surface area contributed by atoms with E-state index in [1.54, 1.807) is 7.11 Å². The lowest BCUT2D eigenvalue weighted by atomic mass is 10.0. The Hall–Kier alpha value is -2.77. The van der Waals surface area contributed by atoms with E-state index in [0.29, 0.717) is 64.9 Å². The van der Waals surface area contributed by atoms with Gasteiger partial charge in [0.25, 0.3) is 0 Å². The third kappa shape index (κ3) is 4.98. The van der Waals surface area contributed by atoms with E-state index in [9.17, 15) is 4.79 Å². The van der Waals surface area contributed by atoms with Crippen LogP contribution in [0, 0.1) is 0 Å². The molecule has 188 valence electrons. The number of carbonyl (C=O) groups excluding carboxylic acids is 1. The monoisotopic (exact) mass is 479 g/mol. The predicted octanol–water partition coefficient (Wildman–Crippen LogP) is 4.31. The summed E-state index contributed by atoms with van der Waals surface area (Å²) in [5, 5.41) is 7.10. The number of ketones is 1. The predicted molar refractivity (Wildman–Crippen MR) is 138 cm³/mol. The van der Waals surface area contributed by atoms with Gasteiger partial charge >= 0.3 is 0 Å². The first-order valence-corrected chi connectivity index (χ1v) is 13.1. The van der Waals surface area contributed by atoms with Crippen LogP contribution in [-0.2, 0) is 0 Å². The van der Waals surface area contributed by atoms with Crippen LogP contribution < -0.4 is 30.6 Å². The summed E-state index contributed by atoms with van der Waals surface area (Å²) in [5.74, 6) is 1.67. The first kappa shape index (κ1) is 23.9. The van der Waals surface area contributed by atoms with Gasteiger partial charge in [0.05, 0.1) is 31.6 Å². The van der Waals surface area contributed by atoms with Crippen LogP contribution in [0.1, 0.15) is 67.3 Å². The van der Waals surface area contributed by atoms with Gasteiger partial charge in [0.15, 0.2) is 5.78 Å². The Balaban J connectivity index is 1.36. The van der Waals surface area contributed by atoms with E-state index < -0.39 is 0 Å². The van der Waals surface area contributed by atoms with Crippen molar-refractivity contribution in [1.82, 2.24) is 10.6 Å². The number of hydrogen-bond donors (Lipinski definition) is 3. The largest absolute Gasteiger partial charge is 0.496 e. The van der Waals surface area contributed by atoms with Crippen molar-refractivity contribution in [3.05, 3.63) is 35.4 Å². The SMILES string of the molecule is COc1cc(OCCC2CCCCN2)c(N)c2c1-c1c(OCCC3CCCCN3)cccc1C2=O. The quantitative estimate of drug-likeness (QED) is 0.394. The van der Waals surface area contributed by atoms with Gasteiger partial charge in [-0.05, 0) is 57.7 Å². The summed E-state index contributed by atoms with van der Waals surface area (Å²) in [7, 11) is 1.61. The molecular weight excluding hydrogens is 442 g/mol. The number of nitrogens with one attached hydrogen (secondary N) is 2. The number of fused-ring (bicyclic) bond motifs is 3. The standard InChI is InChI=1S/C28H37N3O4/c1-33-22-17-23(35-16-12-19-8-3-5-14-31-19)27(29)26-25(22)24-20(28(26)32)9-6-10-21(24)34-15-11-18-7-2-4-13-30-18/h6,9-10,17-19,30-31H,2-5,7-8,11-16,29H2,1H3. The maximum Gasteiger partial charge on any atom is 0.196 e. The van der Waals surface area contributed by atoms with Gasteiger partial charge < -0.3 is 30.6 Å². The zero-order valence-corrected chi connectivity index (χ0v) is 20.7. The topological polar surface area (TPSA) is 94.8 Å². The Morgan fingerprint density at radius 3 is 2.11 bits per heavy atom.